The van der Waals surface area contributed by atoms with E-state index in [0.29, 0.717) is 13.1 Å². The van der Waals surface area contributed by atoms with Crippen LogP contribution < -0.4 is 11.1 Å². The summed E-state index contributed by atoms with van der Waals surface area (Å²) >= 11 is 0. The van der Waals surface area contributed by atoms with Crippen molar-refractivity contribution in [2.24, 2.45) is 0 Å². The quantitative estimate of drug-likeness (QED) is 0.791. The van der Waals surface area contributed by atoms with Crippen LogP contribution in [0, 0.1) is 11.6 Å². The Morgan fingerprint density at radius 3 is 2.22 bits per heavy atom. The van der Waals surface area contributed by atoms with Gasteiger partial charge in [-0.05, 0) is 26.0 Å². The van der Waals surface area contributed by atoms with Gasteiger partial charge in [-0.25, -0.2) is 8.78 Å². The molecule has 3 N–H and O–H groups in total. The first-order valence-corrected chi connectivity index (χ1v) is 5.75. The Morgan fingerprint density at radius 1 is 1.28 bits per heavy atom. The molecule has 0 fully saturated rings. The van der Waals surface area contributed by atoms with Crippen molar-refractivity contribution in [3.63, 3.8) is 0 Å². The topological polar surface area (TPSA) is 58.4 Å². The van der Waals surface area contributed by atoms with Crippen LogP contribution >= 0.6 is 0 Å². The van der Waals surface area contributed by atoms with E-state index in [4.69, 9.17) is 5.73 Å². The minimum atomic E-state index is -0.806. The number of nitrogens with zero attached hydrogens (tertiary/aromatic N) is 1. The lowest BCUT2D eigenvalue weighted by Gasteiger charge is -2.19. The van der Waals surface area contributed by atoms with Crippen LogP contribution in [0.1, 0.15) is 13.8 Å². The summed E-state index contributed by atoms with van der Waals surface area (Å²) in [5.41, 5.74) is 4.97. The molecule has 0 aliphatic carbocycles. The van der Waals surface area contributed by atoms with Gasteiger partial charge >= 0.3 is 0 Å². The average molecular weight is 257 g/mol. The van der Waals surface area contributed by atoms with Gasteiger partial charge in [-0.15, -0.1) is 0 Å². The van der Waals surface area contributed by atoms with E-state index in [1.165, 1.54) is 0 Å². The number of nitrogen functional groups attached to an aromatic ring is 1. The molecule has 0 atom stereocenters. The molecule has 0 saturated heterocycles. The highest BCUT2D eigenvalue weighted by Crippen LogP contribution is 2.21. The first-order chi connectivity index (χ1) is 8.49. The maximum Gasteiger partial charge on any atom is 0.241 e. The number of hydrogen-bond donors (Lipinski definition) is 2. The minimum Gasteiger partial charge on any atom is -0.399 e. The molecule has 1 aromatic rings. The van der Waals surface area contributed by atoms with Crippen LogP contribution in [0.25, 0.3) is 0 Å². The first kappa shape index (κ1) is 14.2. The fraction of sp³-hybridized carbons (Fsp3) is 0.417. The Balaban J connectivity index is 2.72. The Bertz CT molecular complexity index is 410. The summed E-state index contributed by atoms with van der Waals surface area (Å²) < 4.78 is 26.8. The lowest BCUT2D eigenvalue weighted by molar-refractivity contribution is -0.128. The number of rotatable bonds is 5. The molecule has 0 unspecified atom stereocenters. The van der Waals surface area contributed by atoms with E-state index in [1.807, 2.05) is 13.8 Å². The first-order valence-electron chi connectivity index (χ1n) is 5.75. The van der Waals surface area contributed by atoms with Crippen LogP contribution in [0.15, 0.2) is 12.1 Å². The normalized spacial score (nSPS) is 10.2. The number of halogens is 2. The van der Waals surface area contributed by atoms with Crippen molar-refractivity contribution in [1.29, 1.82) is 0 Å². The number of carbonyl (C=O) groups is 1. The lowest BCUT2D eigenvalue weighted by Crippen LogP contribution is -2.35. The number of nitrogens with two attached hydrogens (primary N) is 1. The molecule has 0 spiro atoms. The van der Waals surface area contributed by atoms with Crippen molar-refractivity contribution in [2.45, 2.75) is 13.8 Å². The van der Waals surface area contributed by atoms with Crippen LogP contribution in [0.3, 0.4) is 0 Å². The fourth-order valence-corrected chi connectivity index (χ4v) is 1.61. The molecule has 6 heteroatoms. The molecule has 0 radical (unpaired) electrons. The third-order valence-electron chi connectivity index (χ3n) is 2.60. The molecule has 1 amide bonds. The van der Waals surface area contributed by atoms with E-state index in [-0.39, 0.29) is 23.8 Å². The third kappa shape index (κ3) is 3.32. The monoisotopic (exact) mass is 257 g/mol. The second-order valence-electron chi connectivity index (χ2n) is 3.78. The minimum absolute atomic E-state index is 0.00520. The maximum atomic E-state index is 13.4. The van der Waals surface area contributed by atoms with E-state index in [9.17, 15) is 13.6 Å². The molecule has 0 aromatic heterocycles. The summed E-state index contributed by atoms with van der Waals surface area (Å²) in [4.78, 5) is 13.2. The number of likely N-dealkylation sites (N-methyl/N-ethyl adjacent to an activating group) is 1. The second-order valence-corrected chi connectivity index (χ2v) is 3.78. The van der Waals surface area contributed by atoms with Gasteiger partial charge in [-0.2, -0.15) is 0 Å². The Morgan fingerprint density at radius 2 is 1.78 bits per heavy atom. The zero-order chi connectivity index (χ0) is 13.7. The zero-order valence-electron chi connectivity index (χ0n) is 10.5. The van der Waals surface area contributed by atoms with Gasteiger partial charge in [0.1, 0.15) is 5.69 Å². The van der Waals surface area contributed by atoms with Gasteiger partial charge in [0.25, 0.3) is 0 Å². The zero-order valence-corrected chi connectivity index (χ0v) is 10.5. The molecule has 0 aliphatic heterocycles. The smallest absolute Gasteiger partial charge is 0.241 e. The van der Waals surface area contributed by atoms with Gasteiger partial charge < -0.3 is 16.0 Å². The molecule has 100 valence electrons. The standard InChI is InChI=1S/C12H17F2N3O/c1-3-17(4-2)11(18)7-16-12-9(13)5-8(15)6-10(12)14/h5-6,16H,3-4,7,15H2,1-2H3. The van der Waals surface area contributed by atoms with Crippen molar-refractivity contribution in [3.05, 3.63) is 23.8 Å². The highest BCUT2D eigenvalue weighted by atomic mass is 19.1. The van der Waals surface area contributed by atoms with Gasteiger partial charge in [0.15, 0.2) is 11.6 Å². The Labute approximate surface area is 105 Å². The van der Waals surface area contributed by atoms with Gasteiger partial charge in [-0.1, -0.05) is 0 Å². The molecule has 0 bridgehead atoms. The Hall–Kier alpha value is -1.85. The molecule has 0 heterocycles. The largest absolute Gasteiger partial charge is 0.399 e. The fourth-order valence-electron chi connectivity index (χ4n) is 1.61. The summed E-state index contributed by atoms with van der Waals surface area (Å²) in [7, 11) is 0. The molecule has 0 saturated carbocycles. The van der Waals surface area contributed by atoms with Crippen LogP contribution in [-0.4, -0.2) is 30.4 Å². The van der Waals surface area contributed by atoms with Gasteiger partial charge in [0, 0.05) is 18.8 Å². The van der Waals surface area contributed by atoms with E-state index in [2.05, 4.69) is 5.32 Å². The van der Waals surface area contributed by atoms with Gasteiger partial charge in [0.05, 0.1) is 6.54 Å². The van der Waals surface area contributed by atoms with Crippen LogP contribution in [0.5, 0.6) is 0 Å². The van der Waals surface area contributed by atoms with Crippen molar-refractivity contribution < 1.29 is 13.6 Å². The summed E-state index contributed by atoms with van der Waals surface area (Å²) in [6.45, 7) is 4.64. The van der Waals surface area contributed by atoms with Crippen LogP contribution in [0.4, 0.5) is 20.2 Å². The summed E-state index contributed by atoms with van der Waals surface area (Å²) in [5.74, 6) is -1.82. The van der Waals surface area contributed by atoms with Gasteiger partial charge in [0.2, 0.25) is 5.91 Å². The van der Waals surface area contributed by atoms with Crippen molar-refractivity contribution in [3.8, 4) is 0 Å². The summed E-state index contributed by atoms with van der Waals surface area (Å²) in [6, 6.07) is 2.01. The second kappa shape index (κ2) is 6.18. The van der Waals surface area contributed by atoms with Crippen LogP contribution in [-0.2, 0) is 4.79 Å². The Kier molecular flexibility index (Phi) is 4.88. The predicted octanol–water partition coefficient (Wildman–Crippen LogP) is 1.83. The van der Waals surface area contributed by atoms with Crippen molar-refractivity contribution >= 4 is 17.3 Å². The molecule has 18 heavy (non-hydrogen) atoms. The molecule has 4 nitrogen and oxygen atoms in total. The van der Waals surface area contributed by atoms with Crippen LogP contribution in [0.2, 0.25) is 0 Å². The molecule has 1 aromatic carbocycles. The van der Waals surface area contributed by atoms with Crippen molar-refractivity contribution in [2.75, 3.05) is 30.7 Å². The average Bonchev–Trinajstić information content (AvgIpc) is 2.29. The third-order valence-corrected chi connectivity index (χ3v) is 2.60. The van der Waals surface area contributed by atoms with E-state index < -0.39 is 11.6 Å². The lowest BCUT2D eigenvalue weighted by atomic mass is 10.2. The predicted molar refractivity (Wildman–Crippen MR) is 67.2 cm³/mol. The summed E-state index contributed by atoms with van der Waals surface area (Å²) in [5, 5.41) is 2.46. The number of carbonyl (C=O) groups excluding carboxylic acids is 1. The molecule has 0 aliphatic rings. The number of anilines is 2. The number of benzene rings is 1. The highest BCUT2D eigenvalue weighted by Gasteiger charge is 2.13. The van der Waals surface area contributed by atoms with Gasteiger partial charge in [-0.3, -0.25) is 4.79 Å². The molecular formula is C12H17F2N3O. The maximum absolute atomic E-state index is 13.4. The number of nitrogens with one attached hydrogen (secondary N) is 1. The van der Waals surface area contributed by atoms with E-state index >= 15 is 0 Å². The SMILES string of the molecule is CCN(CC)C(=O)CNc1c(F)cc(N)cc1F. The number of hydrogen-bond acceptors (Lipinski definition) is 3. The summed E-state index contributed by atoms with van der Waals surface area (Å²) in [6.07, 6.45) is 0. The van der Waals surface area contributed by atoms with E-state index in [1.54, 1.807) is 4.90 Å². The molecule has 1 rings (SSSR count). The number of amides is 1. The highest BCUT2D eigenvalue weighted by molar-refractivity contribution is 5.81. The van der Waals surface area contributed by atoms with E-state index in [0.717, 1.165) is 12.1 Å². The van der Waals surface area contributed by atoms with Crippen molar-refractivity contribution in [1.82, 2.24) is 4.90 Å². The molecular weight excluding hydrogens is 240 g/mol.